The Kier molecular flexibility index (Phi) is 4.01. The zero-order chi connectivity index (χ0) is 17.4. The molecule has 0 saturated carbocycles. The van der Waals surface area contributed by atoms with E-state index in [9.17, 15) is 9.90 Å². The molecule has 0 bridgehead atoms. The third-order valence-corrected chi connectivity index (χ3v) is 4.86. The van der Waals surface area contributed by atoms with Crippen molar-refractivity contribution < 1.29 is 9.90 Å². The normalized spacial score (nSPS) is 20.5. The van der Waals surface area contributed by atoms with Gasteiger partial charge in [0.15, 0.2) is 0 Å². The van der Waals surface area contributed by atoms with Crippen LogP contribution in [-0.4, -0.2) is 55.5 Å². The minimum absolute atomic E-state index is 0.00848. The van der Waals surface area contributed by atoms with Crippen molar-refractivity contribution in [1.29, 1.82) is 0 Å². The maximum Gasteiger partial charge on any atom is 0.228 e. The number of carbonyl (C=O) groups is 1. The number of rotatable bonds is 4. The van der Waals surface area contributed by atoms with E-state index < -0.39 is 6.10 Å². The first-order valence-corrected chi connectivity index (χ1v) is 8.49. The zero-order valence-electron chi connectivity index (χ0n) is 14.1. The van der Waals surface area contributed by atoms with E-state index in [1.807, 2.05) is 37.3 Å². The van der Waals surface area contributed by atoms with Gasteiger partial charge < -0.3 is 10.0 Å². The highest BCUT2D eigenvalue weighted by atomic mass is 16.3. The second-order valence-corrected chi connectivity index (χ2v) is 6.77. The monoisotopic (exact) mass is 339 g/mol. The summed E-state index contributed by atoms with van der Waals surface area (Å²) in [5.41, 5.74) is 3.61. The molecule has 3 aromatic rings. The van der Waals surface area contributed by atoms with Crippen LogP contribution in [0.15, 0.2) is 30.3 Å². The van der Waals surface area contributed by atoms with Crippen molar-refractivity contribution in [2.24, 2.45) is 5.92 Å². The highest BCUT2D eigenvalue weighted by Crippen LogP contribution is 2.23. The molecule has 1 aliphatic heterocycles. The Hall–Kier alpha value is -2.67. The molecule has 1 saturated heterocycles. The van der Waals surface area contributed by atoms with Gasteiger partial charge in [-0.3, -0.25) is 15.0 Å². The molecule has 25 heavy (non-hydrogen) atoms. The third kappa shape index (κ3) is 3.15. The van der Waals surface area contributed by atoms with Crippen LogP contribution in [0.25, 0.3) is 10.9 Å². The van der Waals surface area contributed by atoms with Gasteiger partial charge in [0, 0.05) is 30.1 Å². The van der Waals surface area contributed by atoms with Gasteiger partial charge in [0.25, 0.3) is 0 Å². The first kappa shape index (κ1) is 15.8. The SMILES string of the molecule is Cc1cc(C[C@@H]2CN(C(=O)Cc3[nH]nc4ccccc34)C[C@@H]2O)n[nH]1. The second kappa shape index (κ2) is 6.33. The Morgan fingerprint density at radius 2 is 2.12 bits per heavy atom. The number of aromatic nitrogens is 4. The van der Waals surface area contributed by atoms with E-state index in [2.05, 4.69) is 20.4 Å². The van der Waals surface area contributed by atoms with Gasteiger partial charge >= 0.3 is 0 Å². The molecule has 0 radical (unpaired) electrons. The number of hydrogen-bond acceptors (Lipinski definition) is 4. The van der Waals surface area contributed by atoms with Crippen LogP contribution < -0.4 is 0 Å². The summed E-state index contributed by atoms with van der Waals surface area (Å²) in [6, 6.07) is 9.72. The van der Waals surface area contributed by atoms with Gasteiger partial charge in [0.2, 0.25) is 5.91 Å². The topological polar surface area (TPSA) is 97.9 Å². The summed E-state index contributed by atoms with van der Waals surface area (Å²) in [4.78, 5) is 14.4. The lowest BCUT2D eigenvalue weighted by molar-refractivity contribution is -0.129. The van der Waals surface area contributed by atoms with Crippen molar-refractivity contribution in [2.45, 2.75) is 25.9 Å². The number of benzene rings is 1. The summed E-state index contributed by atoms with van der Waals surface area (Å²) in [5, 5.41) is 25.6. The lowest BCUT2D eigenvalue weighted by atomic mass is 10.0. The largest absolute Gasteiger partial charge is 0.391 e. The number of amides is 1. The van der Waals surface area contributed by atoms with Crippen LogP contribution in [-0.2, 0) is 17.6 Å². The van der Waals surface area contributed by atoms with Gasteiger partial charge in [-0.2, -0.15) is 10.2 Å². The molecule has 1 aliphatic rings. The van der Waals surface area contributed by atoms with E-state index in [4.69, 9.17) is 0 Å². The van der Waals surface area contributed by atoms with Crippen LogP contribution in [0.4, 0.5) is 0 Å². The second-order valence-electron chi connectivity index (χ2n) is 6.77. The lowest BCUT2D eigenvalue weighted by Gasteiger charge is -2.15. The number of para-hydroxylation sites is 1. The van der Waals surface area contributed by atoms with E-state index in [-0.39, 0.29) is 18.2 Å². The quantitative estimate of drug-likeness (QED) is 0.665. The summed E-state index contributed by atoms with van der Waals surface area (Å²) in [5.74, 6) is 0.0272. The highest BCUT2D eigenvalue weighted by Gasteiger charge is 2.34. The first-order valence-electron chi connectivity index (χ1n) is 8.49. The van der Waals surface area contributed by atoms with E-state index in [0.717, 1.165) is 28.0 Å². The fraction of sp³-hybridized carbons (Fsp3) is 0.389. The number of fused-ring (bicyclic) bond motifs is 1. The van der Waals surface area contributed by atoms with Gasteiger partial charge in [-0.05, 0) is 25.5 Å². The summed E-state index contributed by atoms with van der Waals surface area (Å²) < 4.78 is 0. The van der Waals surface area contributed by atoms with E-state index in [1.54, 1.807) is 4.90 Å². The number of aliphatic hydroxyl groups excluding tert-OH is 1. The molecule has 2 aromatic heterocycles. The molecule has 1 aromatic carbocycles. The van der Waals surface area contributed by atoms with Crippen molar-refractivity contribution >= 4 is 16.8 Å². The Balaban J connectivity index is 1.42. The fourth-order valence-electron chi connectivity index (χ4n) is 3.52. The molecule has 4 rings (SSSR count). The number of likely N-dealkylation sites (tertiary alicyclic amines) is 1. The minimum Gasteiger partial charge on any atom is -0.391 e. The van der Waals surface area contributed by atoms with Crippen molar-refractivity contribution in [3.05, 3.63) is 47.4 Å². The molecule has 1 fully saturated rings. The number of nitrogens with zero attached hydrogens (tertiary/aromatic N) is 3. The van der Waals surface area contributed by atoms with Crippen LogP contribution in [0.1, 0.15) is 17.1 Å². The molecule has 3 heterocycles. The molecule has 0 spiro atoms. The van der Waals surface area contributed by atoms with Crippen LogP contribution in [0, 0.1) is 12.8 Å². The summed E-state index contributed by atoms with van der Waals surface area (Å²) in [6.07, 6.45) is 0.420. The Labute approximate surface area is 145 Å². The van der Waals surface area contributed by atoms with Crippen molar-refractivity contribution in [2.75, 3.05) is 13.1 Å². The molecule has 0 aliphatic carbocycles. The van der Waals surface area contributed by atoms with Crippen molar-refractivity contribution in [3.8, 4) is 0 Å². The third-order valence-electron chi connectivity index (χ3n) is 4.86. The number of β-amino-alcohol motifs (C(OH)–C–C–N with tert-alkyl or cyclic N) is 1. The number of aromatic amines is 2. The molecule has 3 N–H and O–H groups in total. The Morgan fingerprint density at radius 1 is 1.28 bits per heavy atom. The zero-order valence-corrected chi connectivity index (χ0v) is 14.1. The van der Waals surface area contributed by atoms with Crippen LogP contribution in [0.5, 0.6) is 0 Å². The average Bonchev–Trinajstić information content (AvgIpc) is 3.29. The predicted molar refractivity (Wildman–Crippen MR) is 92.9 cm³/mol. The van der Waals surface area contributed by atoms with Crippen molar-refractivity contribution in [1.82, 2.24) is 25.3 Å². The lowest BCUT2D eigenvalue weighted by Crippen LogP contribution is -2.31. The van der Waals surface area contributed by atoms with Crippen LogP contribution in [0.3, 0.4) is 0 Å². The van der Waals surface area contributed by atoms with Crippen LogP contribution in [0.2, 0.25) is 0 Å². The summed E-state index contributed by atoms with van der Waals surface area (Å²) in [6.45, 7) is 2.88. The highest BCUT2D eigenvalue weighted by molar-refractivity contribution is 5.87. The fourth-order valence-corrected chi connectivity index (χ4v) is 3.52. The molecular formula is C18H21N5O2. The van der Waals surface area contributed by atoms with Crippen LogP contribution >= 0.6 is 0 Å². The average molecular weight is 339 g/mol. The number of aryl methyl sites for hydroxylation is 1. The molecule has 2 atom stereocenters. The molecule has 0 unspecified atom stereocenters. The van der Waals surface area contributed by atoms with Gasteiger partial charge in [-0.25, -0.2) is 0 Å². The maximum absolute atomic E-state index is 12.6. The van der Waals surface area contributed by atoms with E-state index >= 15 is 0 Å². The Bertz CT molecular complexity index is 900. The summed E-state index contributed by atoms with van der Waals surface area (Å²) >= 11 is 0. The molecule has 7 heteroatoms. The number of carbonyl (C=O) groups excluding carboxylic acids is 1. The predicted octanol–water partition coefficient (Wildman–Crippen LogP) is 1.20. The molecule has 1 amide bonds. The number of hydrogen-bond donors (Lipinski definition) is 3. The van der Waals surface area contributed by atoms with Gasteiger partial charge in [0.1, 0.15) is 0 Å². The molecule has 130 valence electrons. The molecule has 7 nitrogen and oxygen atoms in total. The van der Waals surface area contributed by atoms with E-state index in [1.165, 1.54) is 0 Å². The summed E-state index contributed by atoms with van der Waals surface area (Å²) in [7, 11) is 0. The standard InChI is InChI=1S/C18H21N5O2/c1-11-6-13(20-19-11)7-12-9-23(10-17(12)24)18(25)8-16-14-4-2-3-5-15(14)21-22-16/h2-6,12,17,24H,7-10H2,1H3,(H,19,20)(H,21,22)/t12-,17+/m1/s1. The number of H-pyrrole nitrogens is 2. The van der Waals surface area contributed by atoms with E-state index in [0.29, 0.717) is 19.5 Å². The smallest absolute Gasteiger partial charge is 0.228 e. The van der Waals surface area contributed by atoms with Gasteiger partial charge in [-0.1, -0.05) is 18.2 Å². The number of nitrogens with one attached hydrogen (secondary N) is 2. The van der Waals surface area contributed by atoms with Gasteiger partial charge in [0.05, 0.1) is 29.4 Å². The number of aliphatic hydroxyl groups is 1. The Morgan fingerprint density at radius 3 is 2.92 bits per heavy atom. The first-order chi connectivity index (χ1) is 12.1. The molecular weight excluding hydrogens is 318 g/mol. The minimum atomic E-state index is -0.514. The maximum atomic E-state index is 12.6. The van der Waals surface area contributed by atoms with Gasteiger partial charge in [-0.15, -0.1) is 0 Å². The van der Waals surface area contributed by atoms with Crippen molar-refractivity contribution in [3.63, 3.8) is 0 Å².